The fourth-order valence-electron chi connectivity index (χ4n) is 1.03. The van der Waals surface area contributed by atoms with Gasteiger partial charge in [-0.3, -0.25) is 0 Å². The third-order valence-corrected chi connectivity index (χ3v) is 17.8. The number of halogens is 4. The van der Waals surface area contributed by atoms with Gasteiger partial charge in [0.25, 0.3) is 0 Å². The van der Waals surface area contributed by atoms with Crippen LogP contribution in [0.2, 0.25) is 19.6 Å². The van der Waals surface area contributed by atoms with Crippen LogP contribution in [-0.4, -0.2) is 25.2 Å². The molecule has 0 rings (SSSR count). The monoisotopic (exact) mass is 356 g/mol. The molecule has 1 nitrogen and oxygen atoms in total. The molecule has 7 heteroatoms. The van der Waals surface area contributed by atoms with Crippen molar-refractivity contribution in [2.45, 2.75) is 26.6 Å². The first kappa shape index (κ1) is 15.5. The number of hydrogen-bond donors (Lipinski definition) is 0. The van der Waals surface area contributed by atoms with Crippen LogP contribution in [0.25, 0.3) is 0 Å². The van der Waals surface area contributed by atoms with Crippen LogP contribution < -0.4 is 0 Å². The van der Waals surface area contributed by atoms with Gasteiger partial charge in [-0.05, 0) is 0 Å². The summed E-state index contributed by atoms with van der Waals surface area (Å²) < 4.78 is 6.03. The maximum atomic E-state index is 6.05. The molecule has 14 heavy (non-hydrogen) atoms. The standard InChI is InChI=1S/C7H14Cl4GeOSi/c1-5-13-6(8)7(12(9,10)11)14(2,3)4/h5H2,1-4H3/b7-6-. The van der Waals surface area contributed by atoms with Gasteiger partial charge in [0.1, 0.15) is 0 Å². The van der Waals surface area contributed by atoms with Crippen LogP contribution in [0.15, 0.2) is 9.25 Å². The molecule has 0 unspecified atom stereocenters. The van der Waals surface area contributed by atoms with Crippen LogP contribution in [0, 0.1) is 0 Å². The zero-order chi connectivity index (χ0) is 11.6. The summed E-state index contributed by atoms with van der Waals surface area (Å²) >= 11 is 6.00. The summed E-state index contributed by atoms with van der Waals surface area (Å²) in [7, 11) is 13.0. The first-order valence-electron chi connectivity index (χ1n) is 4.21. The second kappa shape index (κ2) is 5.69. The molecule has 0 bridgehead atoms. The van der Waals surface area contributed by atoms with Crippen LogP contribution in [0.5, 0.6) is 0 Å². The molecule has 0 aromatic carbocycles. The fourth-order valence-corrected chi connectivity index (χ4v) is 25.6. The van der Waals surface area contributed by atoms with E-state index in [9.17, 15) is 0 Å². The fraction of sp³-hybridized carbons (Fsp3) is 0.714. The average Bonchev–Trinajstić information content (AvgIpc) is 1.78. The van der Waals surface area contributed by atoms with Crippen molar-refractivity contribution in [2.24, 2.45) is 0 Å². The summed E-state index contributed by atoms with van der Waals surface area (Å²) in [6.07, 6.45) is 0. The van der Waals surface area contributed by atoms with Crippen LogP contribution >= 0.6 is 41.6 Å². The van der Waals surface area contributed by atoms with Gasteiger partial charge in [0.2, 0.25) is 0 Å². The van der Waals surface area contributed by atoms with Gasteiger partial charge >= 0.3 is 107 Å². The van der Waals surface area contributed by atoms with Crippen molar-refractivity contribution < 1.29 is 4.74 Å². The molecule has 0 aromatic rings. The molecule has 84 valence electrons. The number of rotatable bonds is 4. The third kappa shape index (κ3) is 4.99. The van der Waals surface area contributed by atoms with Crippen molar-refractivity contribution in [1.29, 1.82) is 0 Å². The summed E-state index contributed by atoms with van der Waals surface area (Å²) in [5.41, 5.74) is 0. The Balaban J connectivity index is 5.22. The van der Waals surface area contributed by atoms with Gasteiger partial charge in [0.05, 0.1) is 0 Å². The summed E-state index contributed by atoms with van der Waals surface area (Å²) in [5, 5.41) is 0.312. The predicted molar refractivity (Wildman–Crippen MR) is 71.2 cm³/mol. The Morgan fingerprint density at radius 3 is 1.86 bits per heavy atom. The van der Waals surface area contributed by atoms with Crippen LogP contribution in [0.1, 0.15) is 6.92 Å². The van der Waals surface area contributed by atoms with E-state index in [4.69, 9.17) is 46.4 Å². The second-order valence-corrected chi connectivity index (χ2v) is 25.2. The molecular weight excluding hydrogens is 343 g/mol. The molecule has 0 atom stereocenters. The van der Waals surface area contributed by atoms with Crippen molar-refractivity contribution in [1.82, 2.24) is 0 Å². The van der Waals surface area contributed by atoms with E-state index in [1.54, 1.807) is 0 Å². The number of hydrogen-bond acceptors (Lipinski definition) is 1. The molecule has 0 heterocycles. The molecule has 0 aliphatic heterocycles. The van der Waals surface area contributed by atoms with E-state index in [2.05, 4.69) is 19.6 Å². The van der Waals surface area contributed by atoms with E-state index in [1.165, 1.54) is 0 Å². The Morgan fingerprint density at radius 2 is 1.64 bits per heavy atom. The summed E-state index contributed by atoms with van der Waals surface area (Å²) in [5.74, 6) is 0. The van der Waals surface area contributed by atoms with Crippen molar-refractivity contribution in [3.63, 3.8) is 0 Å². The Morgan fingerprint density at radius 1 is 1.21 bits per heavy atom. The van der Waals surface area contributed by atoms with Gasteiger partial charge < -0.3 is 0 Å². The molecule has 0 N–H and O–H groups in total. The minimum absolute atomic E-state index is 0.312. The van der Waals surface area contributed by atoms with Crippen molar-refractivity contribution in [3.05, 3.63) is 9.25 Å². The molecule has 0 saturated carbocycles. The van der Waals surface area contributed by atoms with Gasteiger partial charge in [-0.15, -0.1) is 0 Å². The number of ether oxygens (including phenoxy) is 1. The Bertz CT molecular complexity index is 215. The molecular formula is C7H14Cl4GeOSi. The maximum absolute atomic E-state index is 6.05. The molecule has 0 radical (unpaired) electrons. The van der Waals surface area contributed by atoms with Gasteiger partial charge in [0, 0.05) is 0 Å². The van der Waals surface area contributed by atoms with Crippen molar-refractivity contribution >= 4 is 60.2 Å². The SMILES string of the molecule is CCO/C(Cl)=[C](\[Si](C)(C)C)[Ge]([Cl])([Cl])[Cl]. The zero-order valence-corrected chi connectivity index (χ0v) is 14.7. The predicted octanol–water partition coefficient (Wildman–Crippen LogP) is 4.55. The van der Waals surface area contributed by atoms with Crippen LogP contribution in [0.4, 0.5) is 0 Å². The molecule has 0 aliphatic carbocycles. The van der Waals surface area contributed by atoms with Gasteiger partial charge in [-0.2, -0.15) is 0 Å². The molecule has 0 aliphatic rings. The first-order valence-corrected chi connectivity index (χ1v) is 17.4. The summed E-state index contributed by atoms with van der Waals surface area (Å²) in [4.78, 5) is 0. The van der Waals surface area contributed by atoms with Gasteiger partial charge in [-0.25, -0.2) is 0 Å². The third-order valence-electron chi connectivity index (χ3n) is 1.50. The van der Waals surface area contributed by atoms with Crippen LogP contribution in [-0.2, 0) is 4.74 Å². The Kier molecular flexibility index (Phi) is 6.28. The molecule has 0 amide bonds. The Labute approximate surface area is 107 Å². The van der Waals surface area contributed by atoms with Crippen molar-refractivity contribution in [2.75, 3.05) is 6.61 Å². The summed E-state index contributed by atoms with van der Waals surface area (Å²) in [6.45, 7) is 8.63. The van der Waals surface area contributed by atoms with E-state index in [0.29, 0.717) is 11.8 Å². The van der Waals surface area contributed by atoms with Gasteiger partial charge in [-0.1, -0.05) is 0 Å². The molecule has 0 spiro atoms. The second-order valence-electron chi connectivity index (χ2n) is 3.83. The first-order chi connectivity index (χ1) is 6.10. The average molecular weight is 357 g/mol. The van der Waals surface area contributed by atoms with E-state index >= 15 is 0 Å². The normalized spacial score (nSPS) is 15.1. The molecule has 0 saturated heterocycles. The topological polar surface area (TPSA) is 9.23 Å². The van der Waals surface area contributed by atoms with E-state index in [0.717, 1.165) is 4.03 Å². The van der Waals surface area contributed by atoms with E-state index in [1.807, 2.05) is 6.92 Å². The molecule has 0 fully saturated rings. The van der Waals surface area contributed by atoms with E-state index in [-0.39, 0.29) is 0 Å². The van der Waals surface area contributed by atoms with Crippen molar-refractivity contribution in [3.8, 4) is 0 Å². The van der Waals surface area contributed by atoms with E-state index < -0.39 is 18.6 Å². The van der Waals surface area contributed by atoms with Crippen LogP contribution in [0.3, 0.4) is 0 Å². The van der Waals surface area contributed by atoms with Gasteiger partial charge in [0.15, 0.2) is 0 Å². The summed E-state index contributed by atoms with van der Waals surface area (Å²) in [6, 6.07) is 0. The Hall–Kier alpha value is 1.46. The zero-order valence-electron chi connectivity index (χ0n) is 8.63. The quantitative estimate of drug-likeness (QED) is 0.530. The molecule has 0 aromatic heterocycles. The minimum atomic E-state index is -3.43.